The molecule has 0 amide bonds. The highest BCUT2D eigenvalue weighted by Crippen LogP contribution is 2.29. The molecule has 2 atom stereocenters. The molecule has 1 aliphatic carbocycles. The van der Waals surface area contributed by atoms with Crippen LogP contribution in [0.4, 0.5) is 23.1 Å². The van der Waals surface area contributed by atoms with Crippen LogP contribution in [0.2, 0.25) is 0 Å². The summed E-state index contributed by atoms with van der Waals surface area (Å²) in [6.07, 6.45) is 5.43. The summed E-state index contributed by atoms with van der Waals surface area (Å²) >= 11 is 0. The summed E-state index contributed by atoms with van der Waals surface area (Å²) in [4.78, 5) is 23.0. The summed E-state index contributed by atoms with van der Waals surface area (Å²) in [6.45, 7) is 0. The molecule has 2 aromatic rings. The van der Waals surface area contributed by atoms with Gasteiger partial charge in [0.2, 0.25) is 17.6 Å². The van der Waals surface area contributed by atoms with E-state index in [0.717, 1.165) is 25.5 Å². The van der Waals surface area contributed by atoms with E-state index in [1.165, 1.54) is 7.11 Å². The minimum Gasteiger partial charge on any atom is -0.480 e. The smallest absolute Gasteiger partial charge is 0.329 e. The van der Waals surface area contributed by atoms with Crippen molar-refractivity contribution in [3.05, 3.63) is 34.6 Å². The molecule has 0 spiro atoms. The monoisotopic (exact) mass is 360 g/mol. The van der Waals surface area contributed by atoms with E-state index in [9.17, 15) is 15.2 Å². The molecule has 2 aromatic heterocycles. The van der Waals surface area contributed by atoms with Crippen molar-refractivity contribution in [1.29, 1.82) is 0 Å². The maximum absolute atomic E-state index is 11.3. The molecule has 2 heterocycles. The van der Waals surface area contributed by atoms with E-state index in [1.54, 1.807) is 18.3 Å². The standard InChI is InChI=1S/C16H20N6O4/c1-26-15-11(6-4-8-17-15)20-16-18-9-12(22(24)25)14(21-16)19-10-5-2-3-7-13(10)23/h4,6,8-10,13,23H,2-3,5,7H2,1H3,(H2,18,19,20,21)/t10-,13+/m0/s1. The molecular formula is C16H20N6O4. The Morgan fingerprint density at radius 3 is 2.88 bits per heavy atom. The molecule has 10 heteroatoms. The SMILES string of the molecule is COc1ncccc1Nc1ncc([N+](=O)[O-])c(N[C@H]2CCCC[C@H]2O)n1. The predicted molar refractivity (Wildman–Crippen MR) is 94.6 cm³/mol. The number of nitrogens with zero attached hydrogens (tertiary/aromatic N) is 4. The number of aliphatic hydroxyl groups excluding tert-OH is 1. The van der Waals surface area contributed by atoms with Crippen molar-refractivity contribution in [2.75, 3.05) is 17.7 Å². The molecule has 3 N–H and O–H groups in total. The van der Waals surface area contributed by atoms with Crippen molar-refractivity contribution >= 4 is 23.1 Å². The average molecular weight is 360 g/mol. The molecule has 0 radical (unpaired) electrons. The van der Waals surface area contributed by atoms with Gasteiger partial charge in [-0.2, -0.15) is 4.98 Å². The van der Waals surface area contributed by atoms with Crippen LogP contribution in [-0.2, 0) is 0 Å². The van der Waals surface area contributed by atoms with E-state index < -0.39 is 11.0 Å². The predicted octanol–water partition coefficient (Wildman–Crippen LogP) is 2.25. The molecule has 0 aliphatic heterocycles. The Labute approximate surface area is 149 Å². The van der Waals surface area contributed by atoms with Gasteiger partial charge in [0.1, 0.15) is 11.9 Å². The summed E-state index contributed by atoms with van der Waals surface area (Å²) in [5.74, 6) is 0.586. The van der Waals surface area contributed by atoms with Crippen LogP contribution in [0.15, 0.2) is 24.5 Å². The first-order chi connectivity index (χ1) is 12.6. The van der Waals surface area contributed by atoms with Gasteiger partial charge in [0, 0.05) is 6.20 Å². The molecule has 1 fully saturated rings. The second-order valence-corrected chi connectivity index (χ2v) is 5.97. The van der Waals surface area contributed by atoms with Crippen molar-refractivity contribution < 1.29 is 14.8 Å². The lowest BCUT2D eigenvalue weighted by atomic mass is 9.92. The van der Waals surface area contributed by atoms with Gasteiger partial charge in [-0.1, -0.05) is 12.8 Å². The first kappa shape index (κ1) is 17.8. The first-order valence-corrected chi connectivity index (χ1v) is 8.30. The van der Waals surface area contributed by atoms with E-state index in [4.69, 9.17) is 4.74 Å². The number of nitro groups is 1. The number of hydrogen-bond acceptors (Lipinski definition) is 9. The third-order valence-corrected chi connectivity index (χ3v) is 4.23. The van der Waals surface area contributed by atoms with Crippen molar-refractivity contribution in [2.45, 2.75) is 37.8 Å². The summed E-state index contributed by atoms with van der Waals surface area (Å²) in [6, 6.07) is 3.17. The van der Waals surface area contributed by atoms with Gasteiger partial charge in [-0.15, -0.1) is 0 Å². The summed E-state index contributed by atoms with van der Waals surface area (Å²) in [5.41, 5.74) is 0.291. The fourth-order valence-corrected chi connectivity index (χ4v) is 2.90. The summed E-state index contributed by atoms with van der Waals surface area (Å²) < 4.78 is 5.16. The quantitative estimate of drug-likeness (QED) is 0.523. The number of anilines is 3. The Bertz CT molecular complexity index is 787. The fourth-order valence-electron chi connectivity index (χ4n) is 2.90. The molecular weight excluding hydrogens is 340 g/mol. The minimum atomic E-state index is -0.562. The normalized spacial score (nSPS) is 19.6. The Hall–Kier alpha value is -3.01. The Morgan fingerprint density at radius 1 is 1.35 bits per heavy atom. The molecule has 0 bridgehead atoms. The molecule has 0 saturated heterocycles. The number of nitrogens with one attached hydrogen (secondary N) is 2. The molecule has 138 valence electrons. The molecule has 0 aromatic carbocycles. The van der Waals surface area contributed by atoms with Gasteiger partial charge in [-0.05, 0) is 25.0 Å². The van der Waals surface area contributed by atoms with Gasteiger partial charge >= 0.3 is 5.69 Å². The van der Waals surface area contributed by atoms with Gasteiger partial charge in [-0.25, -0.2) is 9.97 Å². The summed E-state index contributed by atoms with van der Waals surface area (Å²) in [7, 11) is 1.49. The van der Waals surface area contributed by atoms with Crippen LogP contribution in [-0.4, -0.2) is 44.2 Å². The van der Waals surface area contributed by atoms with Crippen molar-refractivity contribution in [1.82, 2.24) is 15.0 Å². The van der Waals surface area contributed by atoms with Gasteiger partial charge in [-0.3, -0.25) is 10.1 Å². The van der Waals surface area contributed by atoms with Crippen LogP contribution in [0.25, 0.3) is 0 Å². The fraction of sp³-hybridized carbons (Fsp3) is 0.438. The zero-order chi connectivity index (χ0) is 18.5. The van der Waals surface area contributed by atoms with Crippen molar-refractivity contribution in [2.24, 2.45) is 0 Å². The van der Waals surface area contributed by atoms with Crippen LogP contribution in [0.5, 0.6) is 5.88 Å². The second kappa shape index (κ2) is 7.91. The zero-order valence-corrected chi connectivity index (χ0v) is 14.3. The lowest BCUT2D eigenvalue weighted by molar-refractivity contribution is -0.384. The second-order valence-electron chi connectivity index (χ2n) is 5.97. The minimum absolute atomic E-state index is 0.0707. The number of aromatic nitrogens is 3. The molecule has 1 saturated carbocycles. The highest BCUT2D eigenvalue weighted by Gasteiger charge is 2.27. The van der Waals surface area contributed by atoms with E-state index in [1.807, 2.05) is 0 Å². The first-order valence-electron chi connectivity index (χ1n) is 8.30. The third-order valence-electron chi connectivity index (χ3n) is 4.23. The average Bonchev–Trinajstić information content (AvgIpc) is 2.64. The van der Waals surface area contributed by atoms with Crippen LogP contribution in [0.3, 0.4) is 0 Å². The maximum Gasteiger partial charge on any atom is 0.329 e. The Kier molecular flexibility index (Phi) is 5.42. The lowest BCUT2D eigenvalue weighted by Crippen LogP contribution is -2.36. The van der Waals surface area contributed by atoms with Crippen LogP contribution in [0, 0.1) is 10.1 Å². The number of rotatable bonds is 6. The molecule has 0 unspecified atom stereocenters. The maximum atomic E-state index is 11.3. The Morgan fingerprint density at radius 2 is 2.15 bits per heavy atom. The largest absolute Gasteiger partial charge is 0.480 e. The zero-order valence-electron chi connectivity index (χ0n) is 14.3. The van der Waals surface area contributed by atoms with Crippen LogP contribution >= 0.6 is 0 Å². The van der Waals surface area contributed by atoms with Gasteiger partial charge < -0.3 is 20.5 Å². The highest BCUT2D eigenvalue weighted by molar-refractivity contribution is 5.63. The molecule has 1 aliphatic rings. The lowest BCUT2D eigenvalue weighted by Gasteiger charge is -2.28. The van der Waals surface area contributed by atoms with E-state index in [0.29, 0.717) is 18.0 Å². The van der Waals surface area contributed by atoms with Crippen molar-refractivity contribution in [3.63, 3.8) is 0 Å². The highest BCUT2D eigenvalue weighted by atomic mass is 16.6. The molecule has 10 nitrogen and oxygen atoms in total. The van der Waals surface area contributed by atoms with Crippen LogP contribution < -0.4 is 15.4 Å². The van der Waals surface area contributed by atoms with E-state index in [2.05, 4.69) is 25.6 Å². The van der Waals surface area contributed by atoms with Crippen molar-refractivity contribution in [3.8, 4) is 5.88 Å². The Balaban J connectivity index is 1.87. The van der Waals surface area contributed by atoms with E-state index in [-0.39, 0.29) is 23.5 Å². The van der Waals surface area contributed by atoms with Gasteiger partial charge in [0.15, 0.2) is 0 Å². The summed E-state index contributed by atoms with van der Waals surface area (Å²) in [5, 5.41) is 27.4. The number of aliphatic hydroxyl groups is 1. The number of ether oxygens (including phenoxy) is 1. The van der Waals surface area contributed by atoms with Gasteiger partial charge in [0.05, 0.1) is 24.2 Å². The van der Waals surface area contributed by atoms with Gasteiger partial charge in [0.25, 0.3) is 0 Å². The van der Waals surface area contributed by atoms with Crippen LogP contribution in [0.1, 0.15) is 25.7 Å². The number of hydrogen-bond donors (Lipinski definition) is 3. The number of pyridine rings is 1. The van der Waals surface area contributed by atoms with E-state index >= 15 is 0 Å². The number of methoxy groups -OCH3 is 1. The molecule has 26 heavy (non-hydrogen) atoms. The topological polar surface area (TPSA) is 135 Å². The molecule has 3 rings (SSSR count). The third kappa shape index (κ3) is 3.97.